The number of halogens is 1. The fraction of sp³-hybridized carbons (Fsp3) is 0.385. The molecule has 1 atom stereocenters. The molecule has 0 fully saturated rings. The Kier molecular flexibility index (Phi) is 5.60. The van der Waals surface area contributed by atoms with Gasteiger partial charge in [0.2, 0.25) is 15.9 Å². The average Bonchev–Trinajstić information content (AvgIpc) is 3.00. The Hall–Kier alpha value is -2.24. The van der Waals surface area contributed by atoms with Crippen molar-refractivity contribution < 1.29 is 27.7 Å². The van der Waals surface area contributed by atoms with Crippen molar-refractivity contribution in [3.63, 3.8) is 0 Å². The topological polar surface area (TPSA) is 143 Å². The van der Waals surface area contributed by atoms with Gasteiger partial charge in [0.25, 0.3) is 0 Å². The first kappa shape index (κ1) is 19.1. The fourth-order valence-corrected chi connectivity index (χ4v) is 4.03. The minimum absolute atomic E-state index is 0.0486. The summed E-state index contributed by atoms with van der Waals surface area (Å²) >= 11 is 5.92. The second-order valence-electron chi connectivity index (χ2n) is 5.12. The van der Waals surface area contributed by atoms with Crippen LogP contribution in [-0.4, -0.2) is 59.2 Å². The Morgan fingerprint density at radius 3 is 2.60 bits per heavy atom. The highest BCUT2D eigenvalue weighted by molar-refractivity contribution is 7.89. The summed E-state index contributed by atoms with van der Waals surface area (Å²) in [6, 6.07) is 1.13. The molecule has 1 aromatic carbocycles. The van der Waals surface area contributed by atoms with Gasteiger partial charge in [-0.3, -0.25) is 9.59 Å². The number of hydrogen-bond donors (Lipinski definition) is 2. The molecule has 1 unspecified atom stereocenters. The van der Waals surface area contributed by atoms with E-state index in [0.717, 1.165) is 4.31 Å². The average molecular weight is 391 g/mol. The SMILES string of the molecule is CC(=O)NCCN(C(C)C(=O)O)S(=O)(=O)c1ccc(Cl)c2nonc12. The van der Waals surface area contributed by atoms with E-state index in [4.69, 9.17) is 11.6 Å². The minimum atomic E-state index is -4.28. The van der Waals surface area contributed by atoms with E-state index >= 15 is 0 Å². The lowest BCUT2D eigenvalue weighted by molar-refractivity contribution is -0.140. The Morgan fingerprint density at radius 2 is 2.00 bits per heavy atom. The third-order valence-corrected chi connectivity index (χ3v) is 5.72. The second-order valence-corrected chi connectivity index (χ2v) is 7.39. The molecule has 2 aromatic rings. The molecule has 0 radical (unpaired) electrons. The van der Waals surface area contributed by atoms with Crippen molar-refractivity contribution in [2.24, 2.45) is 0 Å². The zero-order chi connectivity index (χ0) is 18.8. The summed E-state index contributed by atoms with van der Waals surface area (Å²) in [6.07, 6.45) is 0. The predicted octanol–water partition coefficient (Wildman–Crippen LogP) is 0.476. The molecule has 0 saturated heterocycles. The maximum atomic E-state index is 13.0. The number of carboxylic acids is 1. The van der Waals surface area contributed by atoms with Crippen LogP contribution in [0.3, 0.4) is 0 Å². The lowest BCUT2D eigenvalue weighted by Gasteiger charge is -2.25. The lowest BCUT2D eigenvalue weighted by atomic mass is 10.3. The molecule has 1 heterocycles. The van der Waals surface area contributed by atoms with Crippen LogP contribution in [0.1, 0.15) is 13.8 Å². The molecule has 12 heteroatoms. The maximum Gasteiger partial charge on any atom is 0.321 e. The van der Waals surface area contributed by atoms with Crippen LogP contribution in [0.25, 0.3) is 11.0 Å². The largest absolute Gasteiger partial charge is 0.480 e. The van der Waals surface area contributed by atoms with Gasteiger partial charge in [-0.2, -0.15) is 4.31 Å². The molecule has 0 aliphatic carbocycles. The van der Waals surface area contributed by atoms with Crippen molar-refractivity contribution in [2.45, 2.75) is 24.8 Å². The number of hydrogen-bond acceptors (Lipinski definition) is 7. The van der Waals surface area contributed by atoms with E-state index < -0.39 is 22.0 Å². The van der Waals surface area contributed by atoms with Crippen LogP contribution in [0.15, 0.2) is 21.7 Å². The van der Waals surface area contributed by atoms with E-state index in [0.29, 0.717) is 0 Å². The minimum Gasteiger partial charge on any atom is -0.480 e. The van der Waals surface area contributed by atoms with Gasteiger partial charge < -0.3 is 10.4 Å². The van der Waals surface area contributed by atoms with E-state index in [1.54, 1.807) is 0 Å². The van der Waals surface area contributed by atoms with Crippen LogP contribution >= 0.6 is 11.6 Å². The number of carbonyl (C=O) groups excluding carboxylic acids is 1. The highest BCUT2D eigenvalue weighted by atomic mass is 35.5. The number of fused-ring (bicyclic) bond motifs is 1. The Labute approximate surface area is 147 Å². The van der Waals surface area contributed by atoms with Gasteiger partial charge >= 0.3 is 5.97 Å². The molecule has 2 rings (SSSR count). The van der Waals surface area contributed by atoms with Crippen LogP contribution < -0.4 is 5.32 Å². The molecule has 1 amide bonds. The number of aliphatic carboxylic acids is 1. The standard InChI is InChI=1S/C13H15ClN4O6S/c1-7(13(20)21)18(6-5-15-8(2)19)25(22,23)10-4-3-9(14)11-12(10)17-24-16-11/h3-4,7H,5-6H2,1-2H3,(H,15,19)(H,20,21). The number of amides is 1. The number of nitrogens with one attached hydrogen (secondary N) is 1. The Morgan fingerprint density at radius 1 is 1.36 bits per heavy atom. The number of nitrogens with zero attached hydrogens (tertiary/aromatic N) is 3. The molecule has 10 nitrogen and oxygen atoms in total. The van der Waals surface area contributed by atoms with E-state index in [9.17, 15) is 23.1 Å². The van der Waals surface area contributed by atoms with Crippen molar-refractivity contribution in [2.75, 3.05) is 13.1 Å². The molecule has 1 aromatic heterocycles. The van der Waals surface area contributed by atoms with Gasteiger partial charge in [-0.15, -0.1) is 0 Å². The van der Waals surface area contributed by atoms with Crippen molar-refractivity contribution in [1.29, 1.82) is 0 Å². The van der Waals surface area contributed by atoms with Gasteiger partial charge in [0.05, 0.1) is 5.02 Å². The summed E-state index contributed by atoms with van der Waals surface area (Å²) in [7, 11) is -4.28. The van der Waals surface area contributed by atoms with E-state index in [1.807, 2.05) is 0 Å². The van der Waals surface area contributed by atoms with E-state index in [2.05, 4.69) is 20.3 Å². The van der Waals surface area contributed by atoms with Gasteiger partial charge in [0, 0.05) is 20.0 Å². The molecule has 0 aliphatic rings. The van der Waals surface area contributed by atoms with Crippen LogP contribution in [0, 0.1) is 0 Å². The normalized spacial score (nSPS) is 13.1. The third kappa shape index (κ3) is 3.89. The van der Waals surface area contributed by atoms with Crippen LogP contribution in [0.2, 0.25) is 5.02 Å². The van der Waals surface area contributed by atoms with Gasteiger partial charge in [-0.25, -0.2) is 13.0 Å². The monoisotopic (exact) mass is 390 g/mol. The highest BCUT2D eigenvalue weighted by Gasteiger charge is 2.35. The summed E-state index contributed by atoms with van der Waals surface area (Å²) in [5, 5.41) is 18.9. The van der Waals surface area contributed by atoms with E-state index in [-0.39, 0.29) is 39.9 Å². The van der Waals surface area contributed by atoms with Gasteiger partial charge in [-0.1, -0.05) is 11.6 Å². The molecule has 0 bridgehead atoms. The Bertz CT molecular complexity index is 912. The smallest absolute Gasteiger partial charge is 0.321 e. The van der Waals surface area contributed by atoms with Crippen molar-refractivity contribution in [1.82, 2.24) is 19.9 Å². The summed E-state index contributed by atoms with van der Waals surface area (Å²) in [5.74, 6) is -1.70. The van der Waals surface area contributed by atoms with Crippen molar-refractivity contribution >= 4 is 44.5 Å². The molecule has 2 N–H and O–H groups in total. The molecule has 136 valence electrons. The number of rotatable bonds is 7. The first-order chi connectivity index (χ1) is 11.7. The fourth-order valence-electron chi connectivity index (χ4n) is 2.14. The summed E-state index contributed by atoms with van der Waals surface area (Å²) in [5.41, 5.74) is -0.0536. The molecule has 25 heavy (non-hydrogen) atoms. The maximum absolute atomic E-state index is 13.0. The number of sulfonamides is 1. The quantitative estimate of drug-likeness (QED) is 0.694. The molecule has 0 saturated carbocycles. The van der Waals surface area contributed by atoms with Crippen molar-refractivity contribution in [3.8, 4) is 0 Å². The van der Waals surface area contributed by atoms with Crippen molar-refractivity contribution in [3.05, 3.63) is 17.2 Å². The lowest BCUT2D eigenvalue weighted by Crippen LogP contribution is -2.46. The second kappa shape index (κ2) is 7.33. The zero-order valence-corrected chi connectivity index (χ0v) is 14.8. The zero-order valence-electron chi connectivity index (χ0n) is 13.3. The number of benzene rings is 1. The molecular weight excluding hydrogens is 376 g/mol. The number of carbonyl (C=O) groups is 2. The number of carboxylic acid groups (broad SMARTS) is 1. The van der Waals surface area contributed by atoms with E-state index in [1.165, 1.54) is 26.0 Å². The van der Waals surface area contributed by atoms with Crippen LogP contribution in [-0.2, 0) is 19.6 Å². The predicted molar refractivity (Wildman–Crippen MR) is 86.5 cm³/mol. The van der Waals surface area contributed by atoms with Gasteiger partial charge in [0.1, 0.15) is 10.9 Å². The molecule has 0 aliphatic heterocycles. The molecule has 0 spiro atoms. The van der Waals surface area contributed by atoms with Gasteiger partial charge in [-0.05, 0) is 29.4 Å². The summed E-state index contributed by atoms with van der Waals surface area (Å²) < 4.78 is 31.2. The van der Waals surface area contributed by atoms with Crippen LogP contribution in [0.5, 0.6) is 0 Å². The number of aromatic nitrogens is 2. The summed E-state index contributed by atoms with van der Waals surface area (Å²) in [6.45, 7) is 2.19. The van der Waals surface area contributed by atoms with Gasteiger partial charge in [0.15, 0.2) is 11.0 Å². The highest BCUT2D eigenvalue weighted by Crippen LogP contribution is 2.29. The first-order valence-electron chi connectivity index (χ1n) is 7.06. The summed E-state index contributed by atoms with van der Waals surface area (Å²) in [4.78, 5) is 22.0. The first-order valence-corrected chi connectivity index (χ1v) is 8.88. The van der Waals surface area contributed by atoms with Crippen LogP contribution in [0.4, 0.5) is 0 Å². The Balaban J connectivity index is 2.49. The third-order valence-electron chi connectivity index (χ3n) is 3.41. The molecular formula is C13H15ClN4O6S.